The summed E-state index contributed by atoms with van der Waals surface area (Å²) < 4.78 is 61.0. The standard InChI is InChI=1S/C26H20ClF4N5O3S/c1-39-20-12-5-4-11-19(20)36-21(13-32-24(38)23-16(27)8-6-9-17(23)28)34-35-25(36)40-14-22(37)33-18-10-3-2-7-15(18)26(29,30)31/h2-12H,13-14H2,1H3,(H,32,38)(H,33,37). The summed E-state index contributed by atoms with van der Waals surface area (Å²) in [4.78, 5) is 25.3. The molecule has 3 aromatic carbocycles. The summed E-state index contributed by atoms with van der Waals surface area (Å²) in [7, 11) is 1.45. The molecule has 0 aliphatic heterocycles. The molecular weight excluding hydrogens is 574 g/mol. The predicted octanol–water partition coefficient (Wildman–Crippen LogP) is 5.75. The molecule has 1 heterocycles. The van der Waals surface area contributed by atoms with Crippen molar-refractivity contribution < 1.29 is 31.9 Å². The molecule has 208 valence electrons. The average molecular weight is 594 g/mol. The second kappa shape index (κ2) is 12.4. The van der Waals surface area contributed by atoms with Crippen molar-refractivity contribution >= 4 is 40.9 Å². The van der Waals surface area contributed by atoms with Gasteiger partial charge in [-0.15, -0.1) is 10.2 Å². The maximum absolute atomic E-state index is 14.2. The molecule has 0 saturated heterocycles. The van der Waals surface area contributed by atoms with Gasteiger partial charge in [0.2, 0.25) is 5.91 Å². The Labute approximate surface area is 234 Å². The second-order valence-electron chi connectivity index (χ2n) is 8.07. The number of halogens is 5. The number of nitrogens with one attached hydrogen (secondary N) is 2. The van der Waals surface area contributed by atoms with E-state index in [9.17, 15) is 27.2 Å². The lowest BCUT2D eigenvalue weighted by atomic mass is 10.1. The Morgan fingerprint density at radius 1 is 1.02 bits per heavy atom. The summed E-state index contributed by atoms with van der Waals surface area (Å²) in [5.74, 6) is -1.98. The van der Waals surface area contributed by atoms with Gasteiger partial charge in [0.05, 0.1) is 46.9 Å². The van der Waals surface area contributed by atoms with E-state index >= 15 is 0 Å². The van der Waals surface area contributed by atoms with Crippen LogP contribution < -0.4 is 15.4 Å². The number of anilines is 1. The third-order valence-electron chi connectivity index (χ3n) is 5.46. The Hall–Kier alpha value is -4.10. The van der Waals surface area contributed by atoms with Crippen molar-refractivity contribution in [2.45, 2.75) is 17.9 Å². The molecule has 4 aromatic rings. The highest BCUT2D eigenvalue weighted by atomic mass is 35.5. The highest BCUT2D eigenvalue weighted by Crippen LogP contribution is 2.35. The van der Waals surface area contributed by atoms with Crippen LogP contribution in [0, 0.1) is 5.82 Å². The second-order valence-corrected chi connectivity index (χ2v) is 9.42. The zero-order valence-corrected chi connectivity index (χ0v) is 22.2. The van der Waals surface area contributed by atoms with Crippen molar-refractivity contribution in [2.24, 2.45) is 0 Å². The van der Waals surface area contributed by atoms with Crippen molar-refractivity contribution in [1.82, 2.24) is 20.1 Å². The van der Waals surface area contributed by atoms with Crippen molar-refractivity contribution in [3.8, 4) is 11.4 Å². The number of hydrogen-bond donors (Lipinski definition) is 2. The molecule has 8 nitrogen and oxygen atoms in total. The number of carbonyl (C=O) groups excluding carboxylic acids is 2. The Balaban J connectivity index is 1.57. The van der Waals surface area contributed by atoms with Gasteiger partial charge < -0.3 is 15.4 Å². The number of amides is 2. The third-order valence-corrected chi connectivity index (χ3v) is 6.71. The van der Waals surface area contributed by atoms with Crippen LogP contribution in [0.5, 0.6) is 5.75 Å². The van der Waals surface area contributed by atoms with Crippen molar-refractivity contribution in [2.75, 3.05) is 18.2 Å². The van der Waals surface area contributed by atoms with Gasteiger partial charge in [-0.25, -0.2) is 4.39 Å². The van der Waals surface area contributed by atoms with E-state index in [1.807, 2.05) is 0 Å². The highest BCUT2D eigenvalue weighted by molar-refractivity contribution is 7.99. The van der Waals surface area contributed by atoms with E-state index in [0.717, 1.165) is 30.0 Å². The third kappa shape index (κ3) is 6.54. The van der Waals surface area contributed by atoms with Crippen molar-refractivity contribution in [3.63, 3.8) is 0 Å². The van der Waals surface area contributed by atoms with Crippen LogP contribution in [-0.2, 0) is 17.5 Å². The van der Waals surface area contributed by atoms with Gasteiger partial charge in [0.1, 0.15) is 11.6 Å². The summed E-state index contributed by atoms with van der Waals surface area (Å²) in [5.41, 5.74) is -1.22. The van der Waals surface area contributed by atoms with E-state index in [0.29, 0.717) is 11.4 Å². The van der Waals surface area contributed by atoms with Crippen LogP contribution in [-0.4, -0.2) is 39.4 Å². The first-order chi connectivity index (χ1) is 19.1. The number of benzene rings is 3. The molecule has 0 spiro atoms. The number of thioether (sulfide) groups is 1. The maximum Gasteiger partial charge on any atom is 0.418 e. The van der Waals surface area contributed by atoms with Gasteiger partial charge >= 0.3 is 6.18 Å². The Bertz CT molecular complexity index is 1530. The highest BCUT2D eigenvalue weighted by Gasteiger charge is 2.33. The topological polar surface area (TPSA) is 98.1 Å². The molecule has 2 N–H and O–H groups in total. The molecule has 2 amide bonds. The summed E-state index contributed by atoms with van der Waals surface area (Å²) in [6.07, 6.45) is -4.65. The van der Waals surface area contributed by atoms with Crippen LogP contribution in [0.1, 0.15) is 21.7 Å². The van der Waals surface area contributed by atoms with Gasteiger partial charge in [0.25, 0.3) is 5.91 Å². The van der Waals surface area contributed by atoms with Crippen LogP contribution in [0.2, 0.25) is 5.02 Å². The van der Waals surface area contributed by atoms with E-state index in [-0.39, 0.29) is 39.6 Å². The molecule has 4 rings (SSSR count). The molecule has 14 heteroatoms. The van der Waals surface area contributed by atoms with E-state index in [4.69, 9.17) is 16.3 Å². The van der Waals surface area contributed by atoms with Crippen molar-refractivity contribution in [1.29, 1.82) is 0 Å². The minimum absolute atomic E-state index is 0.0713. The molecule has 0 saturated carbocycles. The van der Waals surface area contributed by atoms with Gasteiger partial charge in [-0.1, -0.05) is 53.7 Å². The number of para-hydroxylation sites is 3. The SMILES string of the molecule is COc1ccccc1-n1c(CNC(=O)c2c(F)cccc2Cl)nnc1SCC(=O)Nc1ccccc1C(F)(F)F. The lowest BCUT2D eigenvalue weighted by Crippen LogP contribution is -2.26. The molecule has 0 bridgehead atoms. The lowest BCUT2D eigenvalue weighted by molar-refractivity contribution is -0.137. The van der Waals surface area contributed by atoms with Gasteiger partial charge in [-0.3, -0.25) is 14.2 Å². The summed E-state index contributed by atoms with van der Waals surface area (Å²) in [6, 6.07) is 15.3. The maximum atomic E-state index is 14.2. The van der Waals surface area contributed by atoms with E-state index in [1.54, 1.807) is 24.3 Å². The summed E-state index contributed by atoms with van der Waals surface area (Å²) in [6.45, 7) is -0.208. The monoisotopic (exact) mass is 593 g/mol. The Morgan fingerprint density at radius 3 is 2.48 bits per heavy atom. The molecule has 0 aliphatic carbocycles. The number of alkyl halides is 3. The number of nitrogens with zero attached hydrogens (tertiary/aromatic N) is 3. The molecule has 0 radical (unpaired) electrons. The largest absolute Gasteiger partial charge is 0.495 e. The van der Waals surface area contributed by atoms with Gasteiger partial charge in [0, 0.05) is 0 Å². The first kappa shape index (κ1) is 28.9. The van der Waals surface area contributed by atoms with Crippen LogP contribution in [0.25, 0.3) is 5.69 Å². The smallest absolute Gasteiger partial charge is 0.418 e. The van der Waals surface area contributed by atoms with E-state index in [2.05, 4.69) is 20.8 Å². The minimum atomic E-state index is -4.65. The number of hydrogen-bond acceptors (Lipinski definition) is 6. The fourth-order valence-electron chi connectivity index (χ4n) is 3.68. The van der Waals surface area contributed by atoms with E-state index in [1.165, 1.54) is 35.9 Å². The molecule has 0 fully saturated rings. The van der Waals surface area contributed by atoms with Crippen molar-refractivity contribution in [3.05, 3.63) is 94.5 Å². The molecule has 40 heavy (non-hydrogen) atoms. The quantitative estimate of drug-likeness (QED) is 0.190. The summed E-state index contributed by atoms with van der Waals surface area (Å²) in [5, 5.41) is 13.2. The molecule has 1 aromatic heterocycles. The van der Waals surface area contributed by atoms with Gasteiger partial charge in [-0.05, 0) is 36.4 Å². The van der Waals surface area contributed by atoms with Gasteiger partial charge in [0.15, 0.2) is 11.0 Å². The summed E-state index contributed by atoms with van der Waals surface area (Å²) >= 11 is 6.89. The number of rotatable bonds is 9. The number of methoxy groups -OCH3 is 1. The normalized spacial score (nSPS) is 11.2. The molecule has 0 atom stereocenters. The first-order valence-corrected chi connectivity index (χ1v) is 12.8. The van der Waals surface area contributed by atoms with Crippen LogP contribution in [0.15, 0.2) is 71.9 Å². The van der Waals surface area contributed by atoms with Crippen LogP contribution >= 0.6 is 23.4 Å². The number of carbonyl (C=O) groups is 2. The first-order valence-electron chi connectivity index (χ1n) is 11.5. The average Bonchev–Trinajstić information content (AvgIpc) is 3.32. The number of aromatic nitrogens is 3. The predicted molar refractivity (Wildman–Crippen MR) is 141 cm³/mol. The molecule has 0 aliphatic rings. The minimum Gasteiger partial charge on any atom is -0.495 e. The molecule has 0 unspecified atom stereocenters. The Kier molecular flexibility index (Phi) is 8.95. The lowest BCUT2D eigenvalue weighted by Gasteiger charge is -2.15. The van der Waals surface area contributed by atoms with Gasteiger partial charge in [-0.2, -0.15) is 13.2 Å². The fraction of sp³-hybridized carbons (Fsp3) is 0.154. The van der Waals surface area contributed by atoms with Crippen LogP contribution in [0.3, 0.4) is 0 Å². The fourth-order valence-corrected chi connectivity index (χ4v) is 4.70. The number of ether oxygens (including phenoxy) is 1. The van der Waals surface area contributed by atoms with Crippen LogP contribution in [0.4, 0.5) is 23.2 Å². The Morgan fingerprint density at radius 2 is 1.75 bits per heavy atom. The molecular formula is C26H20ClF4N5O3S. The zero-order chi connectivity index (χ0) is 28.9. The van der Waals surface area contributed by atoms with E-state index < -0.39 is 29.4 Å². The zero-order valence-electron chi connectivity index (χ0n) is 20.6.